The summed E-state index contributed by atoms with van der Waals surface area (Å²) in [6.45, 7) is 2.32. The van der Waals surface area contributed by atoms with Crippen molar-refractivity contribution >= 4 is 33.2 Å². The highest BCUT2D eigenvalue weighted by Gasteiger charge is 2.29. The summed E-state index contributed by atoms with van der Waals surface area (Å²) >= 11 is 0. The monoisotopic (exact) mass is 566 g/mol. The number of nitrogens with zero attached hydrogens (tertiary/aromatic N) is 3. The molecule has 0 atom stereocenters. The summed E-state index contributed by atoms with van der Waals surface area (Å²) in [4.78, 5) is 37.3. The van der Waals surface area contributed by atoms with E-state index >= 15 is 0 Å². The smallest absolute Gasteiger partial charge is 0.273 e. The van der Waals surface area contributed by atoms with Gasteiger partial charge < -0.3 is 15.0 Å². The summed E-state index contributed by atoms with van der Waals surface area (Å²) in [5.74, 6) is 0.0469. The summed E-state index contributed by atoms with van der Waals surface area (Å²) in [5, 5.41) is 14.2. The van der Waals surface area contributed by atoms with Crippen molar-refractivity contribution in [2.24, 2.45) is 0 Å². The lowest BCUT2D eigenvalue weighted by atomic mass is 10.1. The van der Waals surface area contributed by atoms with Crippen molar-refractivity contribution in [3.8, 4) is 5.75 Å². The van der Waals surface area contributed by atoms with Crippen LogP contribution in [0.15, 0.2) is 71.6 Å². The van der Waals surface area contributed by atoms with Crippen LogP contribution >= 0.6 is 0 Å². The molecule has 1 aliphatic heterocycles. The third-order valence-corrected chi connectivity index (χ3v) is 8.41. The van der Waals surface area contributed by atoms with E-state index in [0.29, 0.717) is 24.3 Å². The number of nitro groups is 1. The minimum Gasteiger partial charge on any atom is -0.497 e. The first-order chi connectivity index (χ1) is 19.1. The fraction of sp³-hybridized carbons (Fsp3) is 0.286. The van der Waals surface area contributed by atoms with Gasteiger partial charge in [0.2, 0.25) is 11.8 Å². The zero-order valence-electron chi connectivity index (χ0n) is 22.2. The summed E-state index contributed by atoms with van der Waals surface area (Å²) in [6, 6.07) is 17.2. The van der Waals surface area contributed by atoms with Gasteiger partial charge in [0.1, 0.15) is 12.3 Å². The van der Waals surface area contributed by atoms with E-state index in [0.717, 1.165) is 34.5 Å². The first-order valence-corrected chi connectivity index (χ1v) is 14.1. The van der Waals surface area contributed by atoms with Gasteiger partial charge >= 0.3 is 0 Å². The second kappa shape index (κ2) is 12.2. The summed E-state index contributed by atoms with van der Waals surface area (Å²) in [7, 11) is -2.89. The molecule has 0 spiro atoms. The minimum atomic E-state index is -4.36. The van der Waals surface area contributed by atoms with Gasteiger partial charge in [0.05, 0.1) is 22.6 Å². The predicted molar refractivity (Wildman–Crippen MR) is 148 cm³/mol. The second-order valence-electron chi connectivity index (χ2n) is 9.43. The fourth-order valence-corrected chi connectivity index (χ4v) is 5.90. The van der Waals surface area contributed by atoms with Gasteiger partial charge in [0.15, 0.2) is 0 Å². The van der Waals surface area contributed by atoms with E-state index in [1.165, 1.54) is 38.3 Å². The third-order valence-electron chi connectivity index (χ3n) is 6.64. The number of anilines is 1. The topological polar surface area (TPSA) is 139 Å². The van der Waals surface area contributed by atoms with Crippen LogP contribution in [-0.4, -0.2) is 50.3 Å². The van der Waals surface area contributed by atoms with Gasteiger partial charge in [-0.2, -0.15) is 0 Å². The van der Waals surface area contributed by atoms with Gasteiger partial charge in [0.25, 0.3) is 15.7 Å². The van der Waals surface area contributed by atoms with Crippen molar-refractivity contribution in [2.75, 3.05) is 24.5 Å². The molecule has 1 N–H and O–H groups in total. The van der Waals surface area contributed by atoms with E-state index in [-0.39, 0.29) is 28.7 Å². The molecule has 0 radical (unpaired) electrons. The minimum absolute atomic E-state index is 0.123. The summed E-state index contributed by atoms with van der Waals surface area (Å²) in [6.07, 6.45) is 1.40. The van der Waals surface area contributed by atoms with E-state index in [9.17, 15) is 28.1 Å². The molecule has 1 aliphatic rings. The van der Waals surface area contributed by atoms with Crippen LogP contribution < -0.4 is 14.4 Å². The van der Waals surface area contributed by atoms with E-state index < -0.39 is 27.4 Å². The highest BCUT2D eigenvalue weighted by atomic mass is 32.2. The zero-order chi connectivity index (χ0) is 28.9. The number of sulfonamides is 1. The summed E-state index contributed by atoms with van der Waals surface area (Å²) < 4.78 is 33.4. The van der Waals surface area contributed by atoms with E-state index in [1.54, 1.807) is 17.0 Å². The SMILES string of the molecule is COc1ccc(N(CC(=O)NCc2cccc(CN3CCCC3=O)c2)S(=O)(=O)c2ccc(C)c([N+](=O)[O-])c2)cc1. The molecule has 0 unspecified atom stereocenters. The molecular weight excluding hydrogens is 536 g/mol. The molecule has 0 saturated carbocycles. The van der Waals surface area contributed by atoms with Crippen LogP contribution in [0.5, 0.6) is 5.75 Å². The number of carbonyl (C=O) groups is 2. The highest BCUT2D eigenvalue weighted by molar-refractivity contribution is 7.92. The number of aryl methyl sites for hydroxylation is 1. The lowest BCUT2D eigenvalue weighted by Gasteiger charge is -2.24. The van der Waals surface area contributed by atoms with Crippen LogP contribution in [0.1, 0.15) is 29.5 Å². The molecule has 4 rings (SSSR count). The van der Waals surface area contributed by atoms with E-state index in [4.69, 9.17) is 4.74 Å². The van der Waals surface area contributed by atoms with Gasteiger partial charge in [-0.05, 0) is 54.8 Å². The molecule has 210 valence electrons. The Morgan fingerprint density at radius 3 is 2.48 bits per heavy atom. The maximum atomic E-state index is 13.7. The molecule has 0 bridgehead atoms. The Labute approximate surface area is 232 Å². The number of benzene rings is 3. The van der Waals surface area contributed by atoms with Crippen LogP contribution in [0.2, 0.25) is 0 Å². The third kappa shape index (κ3) is 6.57. The Morgan fingerprint density at radius 1 is 1.10 bits per heavy atom. The van der Waals surface area contributed by atoms with Gasteiger partial charge in [0, 0.05) is 37.7 Å². The van der Waals surface area contributed by atoms with Crippen LogP contribution in [0, 0.1) is 17.0 Å². The number of nitro benzene ring substituents is 1. The fourth-order valence-electron chi connectivity index (χ4n) is 4.45. The normalized spacial score (nSPS) is 13.2. The van der Waals surface area contributed by atoms with Gasteiger partial charge in [-0.15, -0.1) is 0 Å². The molecule has 3 aromatic rings. The number of hydrogen-bond acceptors (Lipinski definition) is 7. The average molecular weight is 567 g/mol. The van der Waals surface area contributed by atoms with Gasteiger partial charge in [-0.3, -0.25) is 24.0 Å². The molecule has 40 heavy (non-hydrogen) atoms. The average Bonchev–Trinajstić information content (AvgIpc) is 3.34. The van der Waals surface area contributed by atoms with Crippen LogP contribution in [0.3, 0.4) is 0 Å². The molecule has 0 aromatic heterocycles. The molecule has 11 nitrogen and oxygen atoms in total. The molecular formula is C28H30N4O7S. The molecule has 2 amide bonds. The Balaban J connectivity index is 1.54. The van der Waals surface area contributed by atoms with Crippen LogP contribution in [0.25, 0.3) is 0 Å². The predicted octanol–water partition coefficient (Wildman–Crippen LogP) is 3.55. The number of nitrogens with one attached hydrogen (secondary N) is 1. The molecule has 12 heteroatoms. The second-order valence-corrected chi connectivity index (χ2v) is 11.3. The first kappa shape index (κ1) is 28.6. The number of rotatable bonds is 11. The van der Waals surface area contributed by atoms with Crippen molar-refractivity contribution in [3.63, 3.8) is 0 Å². The maximum Gasteiger partial charge on any atom is 0.273 e. The Morgan fingerprint density at radius 2 is 1.82 bits per heavy atom. The van der Waals surface area contributed by atoms with Crippen molar-refractivity contribution in [1.82, 2.24) is 10.2 Å². The van der Waals surface area contributed by atoms with Crippen LogP contribution in [-0.2, 0) is 32.7 Å². The van der Waals surface area contributed by atoms with Crippen molar-refractivity contribution in [2.45, 2.75) is 37.8 Å². The highest BCUT2D eigenvalue weighted by Crippen LogP contribution is 2.29. The standard InChI is InChI=1S/C28H30N4O7S/c1-20-8-13-25(16-26(20)32(35)36)40(37,38)31(23-9-11-24(39-2)12-10-23)19-27(33)29-17-21-5-3-6-22(15-21)18-30-14-4-7-28(30)34/h3,5-6,8-13,15-16H,4,7,14,17-19H2,1-2H3,(H,29,33). The van der Waals surface area contributed by atoms with Crippen molar-refractivity contribution in [3.05, 3.63) is 93.5 Å². The maximum absolute atomic E-state index is 13.7. The summed E-state index contributed by atoms with van der Waals surface area (Å²) in [5.41, 5.74) is 1.90. The Bertz CT molecular complexity index is 1520. The lowest BCUT2D eigenvalue weighted by Crippen LogP contribution is -2.40. The number of ether oxygens (including phenoxy) is 1. The number of amides is 2. The molecule has 1 heterocycles. The molecule has 1 saturated heterocycles. The van der Waals surface area contributed by atoms with E-state index in [2.05, 4.69) is 5.32 Å². The molecule has 1 fully saturated rings. The molecule has 3 aromatic carbocycles. The van der Waals surface area contributed by atoms with Crippen molar-refractivity contribution < 1.29 is 27.7 Å². The Kier molecular flexibility index (Phi) is 8.68. The first-order valence-electron chi connectivity index (χ1n) is 12.6. The quantitative estimate of drug-likeness (QED) is 0.277. The number of likely N-dealkylation sites (tertiary alicyclic amines) is 1. The van der Waals surface area contributed by atoms with Gasteiger partial charge in [-0.1, -0.05) is 30.3 Å². The Hall–Kier alpha value is -4.45. The number of carbonyl (C=O) groups excluding carboxylic acids is 2. The molecule has 0 aliphatic carbocycles. The van der Waals surface area contributed by atoms with Crippen molar-refractivity contribution in [1.29, 1.82) is 0 Å². The number of hydrogen-bond donors (Lipinski definition) is 1. The van der Waals surface area contributed by atoms with Gasteiger partial charge in [-0.25, -0.2) is 8.42 Å². The van der Waals surface area contributed by atoms with Crippen LogP contribution in [0.4, 0.5) is 11.4 Å². The lowest BCUT2D eigenvalue weighted by molar-refractivity contribution is -0.385. The zero-order valence-corrected chi connectivity index (χ0v) is 23.0. The largest absolute Gasteiger partial charge is 0.497 e. The van der Waals surface area contributed by atoms with E-state index in [1.807, 2.05) is 24.3 Å². The number of methoxy groups -OCH3 is 1.